The van der Waals surface area contributed by atoms with Crippen LogP contribution < -0.4 is 5.32 Å². The predicted molar refractivity (Wildman–Crippen MR) is 69.8 cm³/mol. The molecule has 0 aliphatic rings. The summed E-state index contributed by atoms with van der Waals surface area (Å²) in [7, 11) is 0. The third-order valence-electron chi connectivity index (χ3n) is 2.51. The zero-order valence-corrected chi connectivity index (χ0v) is 10.6. The molecule has 1 aromatic rings. The van der Waals surface area contributed by atoms with Gasteiger partial charge >= 0.3 is 12.0 Å². The largest absolute Gasteiger partial charge is 0.507 e. The molecule has 0 bridgehead atoms. The number of urea groups is 1. The van der Waals surface area contributed by atoms with Crippen molar-refractivity contribution in [3.05, 3.63) is 23.8 Å². The van der Waals surface area contributed by atoms with Crippen LogP contribution in [0.4, 0.5) is 10.5 Å². The van der Waals surface area contributed by atoms with E-state index in [0.29, 0.717) is 0 Å². The predicted octanol–water partition coefficient (Wildman–Crippen LogP) is -0.0911. The van der Waals surface area contributed by atoms with Gasteiger partial charge in [0.2, 0.25) is 0 Å². The number of nitrogens with one attached hydrogen (secondary N) is 1. The molecule has 20 heavy (non-hydrogen) atoms. The molecule has 1 aromatic carbocycles. The Morgan fingerprint density at radius 2 is 1.75 bits per heavy atom. The molecule has 2 amide bonds. The number of aromatic carboxylic acids is 1. The molecule has 0 aliphatic carbocycles. The third kappa shape index (κ3) is 4.11. The SMILES string of the molecule is O=C(O)c1ccc(NC(=O)N(CCO)CCO)cc1O. The van der Waals surface area contributed by atoms with Crippen LogP contribution >= 0.6 is 0 Å². The van der Waals surface area contributed by atoms with Crippen LogP contribution in [0.25, 0.3) is 0 Å². The number of aliphatic hydroxyl groups excluding tert-OH is 2. The van der Waals surface area contributed by atoms with Crippen molar-refractivity contribution in [1.29, 1.82) is 0 Å². The van der Waals surface area contributed by atoms with Gasteiger partial charge in [-0.25, -0.2) is 9.59 Å². The summed E-state index contributed by atoms with van der Waals surface area (Å²) < 4.78 is 0. The highest BCUT2D eigenvalue weighted by Crippen LogP contribution is 2.22. The van der Waals surface area contributed by atoms with Gasteiger partial charge in [-0.2, -0.15) is 0 Å². The fourth-order valence-corrected chi connectivity index (χ4v) is 1.55. The van der Waals surface area contributed by atoms with Crippen molar-refractivity contribution in [3.63, 3.8) is 0 Å². The van der Waals surface area contributed by atoms with Gasteiger partial charge in [0.05, 0.1) is 13.2 Å². The number of aromatic hydroxyl groups is 1. The number of benzene rings is 1. The minimum absolute atomic E-state index is 0.0472. The first-order valence-corrected chi connectivity index (χ1v) is 5.83. The molecule has 5 N–H and O–H groups in total. The number of carbonyl (C=O) groups excluding carboxylic acids is 1. The van der Waals surface area contributed by atoms with Gasteiger partial charge in [0.15, 0.2) is 0 Å². The molecular weight excluding hydrogens is 268 g/mol. The molecule has 0 aromatic heterocycles. The lowest BCUT2D eigenvalue weighted by molar-refractivity contribution is 0.0693. The Morgan fingerprint density at radius 3 is 2.20 bits per heavy atom. The lowest BCUT2D eigenvalue weighted by Gasteiger charge is -2.21. The van der Waals surface area contributed by atoms with Crippen LogP contribution in [0.3, 0.4) is 0 Å². The number of hydrogen-bond acceptors (Lipinski definition) is 5. The van der Waals surface area contributed by atoms with Crippen LogP contribution in [0.15, 0.2) is 18.2 Å². The number of anilines is 1. The average molecular weight is 284 g/mol. The Balaban J connectivity index is 2.79. The summed E-state index contributed by atoms with van der Waals surface area (Å²) in [5, 5.41) is 38.3. The molecule has 0 spiro atoms. The van der Waals surface area contributed by atoms with E-state index in [1.807, 2.05) is 0 Å². The highest BCUT2D eigenvalue weighted by molar-refractivity contribution is 5.93. The fourth-order valence-electron chi connectivity index (χ4n) is 1.55. The Bertz CT molecular complexity index is 485. The molecule has 0 heterocycles. The molecule has 0 saturated heterocycles. The molecular formula is C12H16N2O6. The van der Waals surface area contributed by atoms with E-state index in [1.54, 1.807) is 0 Å². The Kier molecular flexibility index (Phi) is 5.75. The third-order valence-corrected chi connectivity index (χ3v) is 2.51. The number of aliphatic hydroxyl groups is 2. The molecule has 0 aliphatic heterocycles. The maximum Gasteiger partial charge on any atom is 0.339 e. The monoisotopic (exact) mass is 284 g/mol. The Labute approximate surface area is 114 Å². The molecule has 110 valence electrons. The Hall–Kier alpha value is -2.32. The molecule has 0 saturated carbocycles. The van der Waals surface area contributed by atoms with Gasteiger partial charge in [0.25, 0.3) is 0 Å². The zero-order chi connectivity index (χ0) is 15.1. The second kappa shape index (κ2) is 7.31. The molecule has 0 radical (unpaired) electrons. The molecule has 0 atom stereocenters. The summed E-state index contributed by atoms with van der Waals surface area (Å²) in [6, 6.07) is 3.03. The van der Waals surface area contributed by atoms with Crippen molar-refractivity contribution in [1.82, 2.24) is 4.90 Å². The smallest absolute Gasteiger partial charge is 0.339 e. The van der Waals surface area contributed by atoms with E-state index in [2.05, 4.69) is 5.32 Å². The van der Waals surface area contributed by atoms with Gasteiger partial charge in [-0.3, -0.25) is 0 Å². The van der Waals surface area contributed by atoms with E-state index in [0.717, 1.165) is 12.1 Å². The first-order chi connectivity index (χ1) is 9.49. The number of nitrogens with zero attached hydrogens (tertiary/aromatic N) is 1. The van der Waals surface area contributed by atoms with E-state index in [-0.39, 0.29) is 37.6 Å². The average Bonchev–Trinajstić information content (AvgIpc) is 2.38. The fraction of sp³-hybridized carbons (Fsp3) is 0.333. The summed E-state index contributed by atoms with van der Waals surface area (Å²) in [4.78, 5) is 23.7. The van der Waals surface area contributed by atoms with Crippen LogP contribution in [0.5, 0.6) is 5.75 Å². The standard InChI is InChI=1S/C12H16N2O6/c15-5-3-14(4-6-16)12(20)13-8-1-2-9(11(18)19)10(17)7-8/h1-2,7,15-17H,3-6H2,(H,13,20)(H,18,19). The van der Waals surface area contributed by atoms with Gasteiger partial charge in [0.1, 0.15) is 11.3 Å². The Morgan fingerprint density at radius 1 is 1.15 bits per heavy atom. The molecule has 0 fully saturated rings. The summed E-state index contributed by atoms with van der Waals surface area (Å²) in [5.74, 6) is -1.74. The minimum Gasteiger partial charge on any atom is -0.507 e. The van der Waals surface area contributed by atoms with Crippen LogP contribution in [0.1, 0.15) is 10.4 Å². The van der Waals surface area contributed by atoms with Crippen LogP contribution in [-0.2, 0) is 0 Å². The van der Waals surface area contributed by atoms with E-state index in [1.165, 1.54) is 11.0 Å². The second-order valence-corrected chi connectivity index (χ2v) is 3.90. The summed E-state index contributed by atoms with van der Waals surface area (Å²) in [5.41, 5.74) is -0.0658. The number of carboxylic acid groups (broad SMARTS) is 1. The van der Waals surface area contributed by atoms with Gasteiger partial charge in [0, 0.05) is 24.8 Å². The van der Waals surface area contributed by atoms with Crippen molar-refractivity contribution in [2.24, 2.45) is 0 Å². The topological polar surface area (TPSA) is 130 Å². The number of hydrogen-bond donors (Lipinski definition) is 5. The first-order valence-electron chi connectivity index (χ1n) is 5.83. The van der Waals surface area contributed by atoms with Gasteiger partial charge in [-0.1, -0.05) is 0 Å². The molecule has 0 unspecified atom stereocenters. The lowest BCUT2D eigenvalue weighted by atomic mass is 10.2. The minimum atomic E-state index is -1.28. The van der Waals surface area contributed by atoms with E-state index < -0.39 is 17.7 Å². The van der Waals surface area contributed by atoms with Crippen molar-refractivity contribution in [2.75, 3.05) is 31.6 Å². The van der Waals surface area contributed by atoms with E-state index >= 15 is 0 Å². The normalized spacial score (nSPS) is 10.1. The van der Waals surface area contributed by atoms with Gasteiger partial charge in [-0.05, 0) is 12.1 Å². The maximum atomic E-state index is 11.8. The molecule has 8 heteroatoms. The van der Waals surface area contributed by atoms with Crippen molar-refractivity contribution >= 4 is 17.7 Å². The van der Waals surface area contributed by atoms with Gasteiger partial charge in [-0.15, -0.1) is 0 Å². The van der Waals surface area contributed by atoms with Crippen molar-refractivity contribution < 1.29 is 30.0 Å². The second-order valence-electron chi connectivity index (χ2n) is 3.90. The van der Waals surface area contributed by atoms with Crippen molar-refractivity contribution in [3.8, 4) is 5.75 Å². The van der Waals surface area contributed by atoms with E-state index in [4.69, 9.17) is 15.3 Å². The highest BCUT2D eigenvalue weighted by Gasteiger charge is 2.14. The van der Waals surface area contributed by atoms with Crippen LogP contribution in [0.2, 0.25) is 0 Å². The van der Waals surface area contributed by atoms with E-state index in [9.17, 15) is 14.7 Å². The summed E-state index contributed by atoms with van der Waals surface area (Å²) in [6.45, 7) is -0.412. The van der Waals surface area contributed by atoms with Crippen LogP contribution in [-0.4, -0.2) is 63.6 Å². The number of carboxylic acids is 1. The quantitative estimate of drug-likeness (QED) is 0.496. The molecule has 1 rings (SSSR count). The maximum absolute atomic E-state index is 11.8. The number of amides is 2. The number of carbonyl (C=O) groups is 2. The molecule has 8 nitrogen and oxygen atoms in total. The number of phenols is 1. The van der Waals surface area contributed by atoms with Gasteiger partial charge < -0.3 is 30.6 Å². The zero-order valence-electron chi connectivity index (χ0n) is 10.6. The first kappa shape index (κ1) is 15.7. The van der Waals surface area contributed by atoms with Crippen LogP contribution in [0, 0.1) is 0 Å². The summed E-state index contributed by atoms with van der Waals surface area (Å²) >= 11 is 0. The van der Waals surface area contributed by atoms with Crippen molar-refractivity contribution in [2.45, 2.75) is 0 Å². The number of rotatable bonds is 6. The lowest BCUT2D eigenvalue weighted by Crippen LogP contribution is -2.38. The highest BCUT2D eigenvalue weighted by atomic mass is 16.4. The summed E-state index contributed by atoms with van der Waals surface area (Å²) in [6.07, 6.45) is 0.